The van der Waals surface area contributed by atoms with E-state index in [0.29, 0.717) is 6.04 Å². The van der Waals surface area contributed by atoms with E-state index >= 15 is 0 Å². The van der Waals surface area contributed by atoms with Gasteiger partial charge in [-0.15, -0.1) is 0 Å². The van der Waals surface area contributed by atoms with E-state index in [1.54, 1.807) is 12.1 Å². The smallest absolute Gasteiger partial charge is 0.123 e. The maximum Gasteiger partial charge on any atom is 0.123 e. The van der Waals surface area contributed by atoms with E-state index < -0.39 is 0 Å². The van der Waals surface area contributed by atoms with E-state index in [9.17, 15) is 4.39 Å². The molecule has 0 heterocycles. The van der Waals surface area contributed by atoms with Crippen LogP contribution in [0.3, 0.4) is 0 Å². The number of halogens is 1. The molecular weight excluding hydrogens is 261 g/mol. The van der Waals surface area contributed by atoms with Crippen molar-refractivity contribution in [3.63, 3.8) is 0 Å². The third kappa shape index (κ3) is 3.59. The van der Waals surface area contributed by atoms with E-state index in [-0.39, 0.29) is 5.82 Å². The molecule has 0 spiro atoms. The molecule has 0 aromatic heterocycles. The second kappa shape index (κ2) is 6.68. The molecule has 2 aromatic rings. The van der Waals surface area contributed by atoms with Crippen molar-refractivity contribution in [1.29, 1.82) is 0 Å². The first-order valence-electron chi connectivity index (χ1n) is 7.56. The first-order valence-corrected chi connectivity index (χ1v) is 7.56. The number of hydrogen-bond donors (Lipinski definition) is 1. The highest BCUT2D eigenvalue weighted by molar-refractivity contribution is 5.70. The first-order chi connectivity index (χ1) is 10.3. The molecule has 3 rings (SSSR count). The minimum atomic E-state index is -0.177. The van der Waals surface area contributed by atoms with Gasteiger partial charge < -0.3 is 5.32 Å². The van der Waals surface area contributed by atoms with Crippen LogP contribution in [-0.2, 0) is 6.54 Å². The third-order valence-electron chi connectivity index (χ3n) is 4.01. The number of nitrogens with one attached hydrogen (secondary N) is 1. The quantitative estimate of drug-likeness (QED) is 0.867. The standard InChI is InChI=1S/C19H20FN/c20-17-12-10-16(11-13-17)18-8-4-5-9-19(18)21-14-15-6-2-1-3-7-15/h1-3,6-8,10-13,19,21H,4-5,9,14H2/t19-/m0/s1. The van der Waals surface area contributed by atoms with Crippen molar-refractivity contribution in [3.8, 4) is 0 Å². The molecule has 0 saturated carbocycles. The van der Waals surface area contributed by atoms with Crippen LogP contribution >= 0.6 is 0 Å². The first kappa shape index (κ1) is 14.0. The van der Waals surface area contributed by atoms with Gasteiger partial charge in [0, 0.05) is 12.6 Å². The lowest BCUT2D eigenvalue weighted by molar-refractivity contribution is 0.535. The Hall–Kier alpha value is -1.93. The van der Waals surface area contributed by atoms with E-state index in [1.165, 1.54) is 17.6 Å². The Balaban J connectivity index is 1.72. The molecule has 0 radical (unpaired) electrons. The highest BCUT2D eigenvalue weighted by Gasteiger charge is 2.18. The molecule has 0 saturated heterocycles. The van der Waals surface area contributed by atoms with Crippen molar-refractivity contribution in [2.75, 3.05) is 0 Å². The zero-order valence-electron chi connectivity index (χ0n) is 12.1. The van der Waals surface area contributed by atoms with Crippen LogP contribution in [0.5, 0.6) is 0 Å². The van der Waals surface area contributed by atoms with Crippen molar-refractivity contribution < 1.29 is 4.39 Å². The average molecular weight is 281 g/mol. The maximum atomic E-state index is 13.1. The lowest BCUT2D eigenvalue weighted by Gasteiger charge is -2.26. The molecule has 2 heteroatoms. The predicted octanol–water partition coefficient (Wildman–Crippen LogP) is 4.55. The van der Waals surface area contributed by atoms with Gasteiger partial charge in [0.2, 0.25) is 0 Å². The van der Waals surface area contributed by atoms with E-state index in [2.05, 4.69) is 35.7 Å². The Labute approximate surface area is 125 Å². The van der Waals surface area contributed by atoms with Gasteiger partial charge in [0.05, 0.1) is 0 Å². The lowest BCUT2D eigenvalue weighted by atomic mass is 9.89. The molecule has 1 aliphatic rings. The second-order valence-corrected chi connectivity index (χ2v) is 5.52. The van der Waals surface area contributed by atoms with Crippen LogP contribution in [0.15, 0.2) is 60.7 Å². The normalized spacial score (nSPS) is 18.3. The molecule has 2 aromatic carbocycles. The molecular formula is C19H20FN. The summed E-state index contributed by atoms with van der Waals surface area (Å²) in [5.74, 6) is -0.177. The predicted molar refractivity (Wildman–Crippen MR) is 85.3 cm³/mol. The summed E-state index contributed by atoms with van der Waals surface area (Å²) in [7, 11) is 0. The molecule has 1 nitrogen and oxygen atoms in total. The SMILES string of the molecule is Fc1ccc(C2=CCCC[C@@H]2NCc2ccccc2)cc1. The van der Waals surface area contributed by atoms with Crippen LogP contribution in [0, 0.1) is 5.82 Å². The molecule has 0 fully saturated rings. The molecule has 0 unspecified atom stereocenters. The summed E-state index contributed by atoms with van der Waals surface area (Å²) in [4.78, 5) is 0. The molecule has 1 atom stereocenters. The van der Waals surface area contributed by atoms with Gasteiger partial charge in [-0.3, -0.25) is 0 Å². The van der Waals surface area contributed by atoms with E-state index in [1.807, 2.05) is 18.2 Å². The Morgan fingerprint density at radius 3 is 2.52 bits per heavy atom. The van der Waals surface area contributed by atoms with Crippen molar-refractivity contribution in [2.24, 2.45) is 0 Å². The summed E-state index contributed by atoms with van der Waals surface area (Å²) in [5.41, 5.74) is 3.72. The molecule has 0 amide bonds. The van der Waals surface area contributed by atoms with Gasteiger partial charge in [-0.1, -0.05) is 48.5 Å². The third-order valence-corrected chi connectivity index (χ3v) is 4.01. The number of hydrogen-bond acceptors (Lipinski definition) is 1. The topological polar surface area (TPSA) is 12.0 Å². The summed E-state index contributed by atoms with van der Waals surface area (Å²) in [6, 6.07) is 17.6. The molecule has 108 valence electrons. The van der Waals surface area contributed by atoms with Crippen LogP contribution in [0.25, 0.3) is 5.57 Å². The lowest BCUT2D eigenvalue weighted by Crippen LogP contribution is -2.31. The largest absolute Gasteiger partial charge is 0.306 e. The number of benzene rings is 2. The summed E-state index contributed by atoms with van der Waals surface area (Å²) in [6.45, 7) is 0.865. The van der Waals surface area contributed by atoms with Gasteiger partial charge in [0.15, 0.2) is 0 Å². The average Bonchev–Trinajstić information content (AvgIpc) is 2.55. The fourth-order valence-corrected chi connectivity index (χ4v) is 2.89. The highest BCUT2D eigenvalue weighted by atomic mass is 19.1. The number of allylic oxidation sites excluding steroid dienone is 1. The van der Waals surface area contributed by atoms with Crippen molar-refractivity contribution >= 4 is 5.57 Å². The molecule has 1 N–H and O–H groups in total. The van der Waals surface area contributed by atoms with Crippen LogP contribution in [0.4, 0.5) is 4.39 Å². The minimum Gasteiger partial charge on any atom is -0.306 e. The zero-order chi connectivity index (χ0) is 14.5. The Morgan fingerprint density at radius 1 is 1.00 bits per heavy atom. The van der Waals surface area contributed by atoms with Gasteiger partial charge >= 0.3 is 0 Å². The van der Waals surface area contributed by atoms with E-state index in [0.717, 1.165) is 24.9 Å². The second-order valence-electron chi connectivity index (χ2n) is 5.52. The van der Waals surface area contributed by atoms with Crippen LogP contribution < -0.4 is 5.32 Å². The summed E-state index contributed by atoms with van der Waals surface area (Å²) >= 11 is 0. The Bertz CT molecular complexity index is 601. The maximum absolute atomic E-state index is 13.1. The highest BCUT2D eigenvalue weighted by Crippen LogP contribution is 2.27. The summed E-state index contributed by atoms with van der Waals surface area (Å²) in [6.07, 6.45) is 5.74. The number of rotatable bonds is 4. The van der Waals surface area contributed by atoms with Gasteiger partial charge in [0.25, 0.3) is 0 Å². The molecule has 1 aliphatic carbocycles. The Kier molecular flexibility index (Phi) is 4.46. The van der Waals surface area contributed by atoms with Crippen molar-refractivity contribution in [1.82, 2.24) is 5.32 Å². The summed E-state index contributed by atoms with van der Waals surface area (Å²) < 4.78 is 13.1. The van der Waals surface area contributed by atoms with Gasteiger partial charge in [0.1, 0.15) is 5.82 Å². The minimum absolute atomic E-state index is 0.177. The van der Waals surface area contributed by atoms with Crippen LogP contribution in [-0.4, -0.2) is 6.04 Å². The monoisotopic (exact) mass is 281 g/mol. The van der Waals surface area contributed by atoms with Gasteiger partial charge in [-0.25, -0.2) is 4.39 Å². The van der Waals surface area contributed by atoms with Gasteiger partial charge in [-0.2, -0.15) is 0 Å². The molecule has 21 heavy (non-hydrogen) atoms. The van der Waals surface area contributed by atoms with Crippen LogP contribution in [0.2, 0.25) is 0 Å². The zero-order valence-corrected chi connectivity index (χ0v) is 12.1. The fourth-order valence-electron chi connectivity index (χ4n) is 2.89. The fraction of sp³-hybridized carbons (Fsp3) is 0.263. The van der Waals surface area contributed by atoms with Crippen molar-refractivity contribution in [2.45, 2.75) is 31.8 Å². The van der Waals surface area contributed by atoms with E-state index in [4.69, 9.17) is 0 Å². The van der Waals surface area contributed by atoms with Gasteiger partial charge in [-0.05, 0) is 48.1 Å². The molecule has 0 bridgehead atoms. The van der Waals surface area contributed by atoms with Crippen LogP contribution in [0.1, 0.15) is 30.4 Å². The van der Waals surface area contributed by atoms with Crippen molar-refractivity contribution in [3.05, 3.63) is 77.6 Å². The Morgan fingerprint density at radius 2 is 1.76 bits per heavy atom. The summed E-state index contributed by atoms with van der Waals surface area (Å²) in [5, 5.41) is 3.64. The molecule has 0 aliphatic heterocycles.